The Bertz CT molecular complexity index is 144. The van der Waals surface area contributed by atoms with E-state index in [1.54, 1.807) is 0 Å². The molecule has 7 heteroatoms. The topological polar surface area (TPSA) is 56.8 Å². The summed E-state index contributed by atoms with van der Waals surface area (Å²) in [6, 6.07) is 0. The van der Waals surface area contributed by atoms with Gasteiger partial charge in [0.1, 0.15) is 25.6 Å². The molecule has 0 bridgehead atoms. The van der Waals surface area contributed by atoms with Gasteiger partial charge in [0.2, 0.25) is 11.8 Å². The van der Waals surface area contributed by atoms with Crippen LogP contribution in [0.25, 0.3) is 0 Å². The van der Waals surface area contributed by atoms with Crippen molar-refractivity contribution in [3.05, 3.63) is 0 Å². The minimum absolute atomic E-state index is 0.266. The largest absolute Gasteiger partial charge is 0.411 e. The van der Waals surface area contributed by atoms with E-state index in [4.69, 9.17) is 15.0 Å². The standard InChI is InChI=1S/C4H9N2O2PS2/c5-3-6-4-7-1-2-8-9(10)11/h3H,1-2,4H2,(H2-,5,6,10,11)/p+1. The van der Waals surface area contributed by atoms with Crippen LogP contribution < -0.4 is 5.73 Å². The average Bonchev–Trinajstić information content (AvgIpc) is 1.96. The molecule has 1 atom stereocenters. The SMILES string of the molecule is NC=NCOCCO[P+](=S)S. The number of aliphatic imine (C=N–C) groups is 1. The lowest BCUT2D eigenvalue weighted by Gasteiger charge is -1.94. The summed E-state index contributed by atoms with van der Waals surface area (Å²) < 4.78 is 9.91. The second-order valence-electron chi connectivity index (χ2n) is 1.44. The van der Waals surface area contributed by atoms with Gasteiger partial charge in [0.15, 0.2) is 0 Å². The lowest BCUT2D eigenvalue weighted by atomic mass is 10.8. The molecule has 0 aromatic carbocycles. The number of ether oxygens (including phenoxy) is 1. The van der Waals surface area contributed by atoms with E-state index >= 15 is 0 Å². The number of nitrogens with zero attached hydrogens (tertiary/aromatic N) is 1. The second-order valence-corrected chi connectivity index (χ2v) is 5.07. The maximum atomic E-state index is 4.96. The summed E-state index contributed by atoms with van der Waals surface area (Å²) in [5, 5.41) is 0. The average molecular weight is 213 g/mol. The van der Waals surface area contributed by atoms with Crippen molar-refractivity contribution >= 4 is 36.5 Å². The van der Waals surface area contributed by atoms with E-state index in [2.05, 4.69) is 29.0 Å². The zero-order chi connectivity index (χ0) is 8.53. The molecule has 4 nitrogen and oxygen atoms in total. The molecule has 0 saturated carbocycles. The van der Waals surface area contributed by atoms with Crippen LogP contribution in [0.1, 0.15) is 0 Å². The molecular formula is C4H10N2O2PS2+. The number of thiol groups is 1. The smallest absolute Gasteiger partial charge is 0.390 e. The van der Waals surface area contributed by atoms with Crippen molar-refractivity contribution in [2.45, 2.75) is 0 Å². The third kappa shape index (κ3) is 10.3. The molecule has 0 aliphatic heterocycles. The lowest BCUT2D eigenvalue weighted by molar-refractivity contribution is 0.113. The lowest BCUT2D eigenvalue weighted by Crippen LogP contribution is -2.01. The van der Waals surface area contributed by atoms with Gasteiger partial charge in [-0.25, -0.2) is 4.99 Å². The molecule has 0 amide bonds. The molecular weight excluding hydrogens is 203 g/mol. The van der Waals surface area contributed by atoms with Gasteiger partial charge in [-0.15, -0.1) is 0 Å². The Hall–Kier alpha value is 0.260. The molecule has 64 valence electrons. The Balaban J connectivity index is 2.96. The minimum atomic E-state index is -0.990. The first-order chi connectivity index (χ1) is 5.27. The van der Waals surface area contributed by atoms with Crippen LogP contribution in [0.15, 0.2) is 4.99 Å². The molecule has 0 spiro atoms. The van der Waals surface area contributed by atoms with E-state index in [1.165, 1.54) is 6.34 Å². The van der Waals surface area contributed by atoms with Gasteiger partial charge in [-0.2, -0.15) is 4.52 Å². The third-order valence-electron chi connectivity index (χ3n) is 0.701. The van der Waals surface area contributed by atoms with Crippen molar-refractivity contribution in [1.29, 1.82) is 0 Å². The zero-order valence-corrected chi connectivity index (χ0v) is 8.45. The van der Waals surface area contributed by atoms with Crippen molar-refractivity contribution in [3.8, 4) is 0 Å². The van der Waals surface area contributed by atoms with E-state index in [1.807, 2.05) is 0 Å². The van der Waals surface area contributed by atoms with E-state index in [0.29, 0.717) is 13.2 Å². The molecule has 0 heterocycles. The Morgan fingerprint density at radius 3 is 2.91 bits per heavy atom. The molecule has 0 fully saturated rings. The van der Waals surface area contributed by atoms with Crippen molar-refractivity contribution < 1.29 is 9.26 Å². The van der Waals surface area contributed by atoms with Crippen LogP contribution >= 0.6 is 18.4 Å². The number of hydrogen-bond acceptors (Lipinski definition) is 4. The number of rotatable bonds is 6. The fourth-order valence-corrected chi connectivity index (χ4v) is 1.03. The van der Waals surface area contributed by atoms with Crippen molar-refractivity contribution in [2.24, 2.45) is 10.7 Å². The fraction of sp³-hybridized carbons (Fsp3) is 0.750. The zero-order valence-electron chi connectivity index (χ0n) is 5.84. The van der Waals surface area contributed by atoms with E-state index in [-0.39, 0.29) is 6.73 Å². The molecule has 0 rings (SSSR count). The van der Waals surface area contributed by atoms with Gasteiger partial charge in [-0.05, 0) is 0 Å². The highest BCUT2D eigenvalue weighted by Gasteiger charge is 2.01. The Kier molecular flexibility index (Phi) is 8.56. The molecule has 0 radical (unpaired) electrons. The Morgan fingerprint density at radius 1 is 1.64 bits per heavy atom. The van der Waals surface area contributed by atoms with Crippen LogP contribution in [0.4, 0.5) is 0 Å². The van der Waals surface area contributed by atoms with Crippen molar-refractivity contribution in [2.75, 3.05) is 19.9 Å². The Morgan fingerprint density at radius 2 is 2.36 bits per heavy atom. The highest BCUT2D eigenvalue weighted by atomic mass is 32.9. The van der Waals surface area contributed by atoms with Gasteiger partial charge < -0.3 is 10.5 Å². The van der Waals surface area contributed by atoms with Gasteiger partial charge in [0.25, 0.3) is 0 Å². The molecule has 0 aliphatic carbocycles. The third-order valence-corrected chi connectivity index (χ3v) is 1.77. The highest BCUT2D eigenvalue weighted by molar-refractivity contribution is 8.54. The first-order valence-corrected chi connectivity index (χ1v) is 6.26. The predicted molar refractivity (Wildman–Crippen MR) is 52.7 cm³/mol. The number of nitrogens with two attached hydrogens (primary N) is 1. The summed E-state index contributed by atoms with van der Waals surface area (Å²) in [5.74, 6) is 0. The summed E-state index contributed by atoms with van der Waals surface area (Å²) in [6.45, 7) is 1.19. The van der Waals surface area contributed by atoms with E-state index in [0.717, 1.165) is 0 Å². The molecule has 1 unspecified atom stereocenters. The second kappa shape index (κ2) is 8.36. The van der Waals surface area contributed by atoms with Crippen LogP contribution in [0.5, 0.6) is 0 Å². The van der Waals surface area contributed by atoms with E-state index < -0.39 is 6.13 Å². The van der Waals surface area contributed by atoms with Gasteiger partial charge in [0, 0.05) is 0 Å². The van der Waals surface area contributed by atoms with Crippen molar-refractivity contribution in [1.82, 2.24) is 0 Å². The molecule has 0 aromatic heterocycles. The Labute approximate surface area is 76.8 Å². The van der Waals surface area contributed by atoms with Crippen LogP contribution in [0.3, 0.4) is 0 Å². The summed E-state index contributed by atoms with van der Waals surface area (Å²) in [5.41, 5.74) is 4.96. The minimum Gasteiger partial charge on any atom is -0.390 e. The first kappa shape index (κ1) is 11.3. The number of hydrogen-bond donors (Lipinski definition) is 2. The van der Waals surface area contributed by atoms with Gasteiger partial charge in [-0.1, -0.05) is 0 Å². The van der Waals surface area contributed by atoms with E-state index in [9.17, 15) is 0 Å². The normalized spacial score (nSPS) is 12.3. The summed E-state index contributed by atoms with van der Waals surface area (Å²) in [4.78, 5) is 3.62. The summed E-state index contributed by atoms with van der Waals surface area (Å²) in [7, 11) is 0. The monoisotopic (exact) mass is 213 g/mol. The van der Waals surface area contributed by atoms with Crippen molar-refractivity contribution in [3.63, 3.8) is 0 Å². The van der Waals surface area contributed by atoms with Crippen LogP contribution in [0.2, 0.25) is 0 Å². The van der Waals surface area contributed by atoms with Gasteiger partial charge >= 0.3 is 6.13 Å². The summed E-state index contributed by atoms with van der Waals surface area (Å²) in [6.07, 6.45) is 0.204. The summed E-state index contributed by atoms with van der Waals surface area (Å²) >= 11 is 8.58. The first-order valence-electron chi connectivity index (χ1n) is 2.84. The molecule has 0 aromatic rings. The maximum absolute atomic E-state index is 4.96. The van der Waals surface area contributed by atoms with Gasteiger partial charge in [0.05, 0.1) is 12.9 Å². The maximum Gasteiger partial charge on any atom is 0.411 e. The van der Waals surface area contributed by atoms with Gasteiger partial charge in [-0.3, -0.25) is 0 Å². The quantitative estimate of drug-likeness (QED) is 0.224. The van der Waals surface area contributed by atoms with Crippen LogP contribution in [-0.4, -0.2) is 26.3 Å². The van der Waals surface area contributed by atoms with Crippen LogP contribution in [-0.2, 0) is 21.1 Å². The molecule has 2 N–H and O–H groups in total. The predicted octanol–water partition coefficient (Wildman–Crippen LogP) is 0.668. The molecule has 11 heavy (non-hydrogen) atoms. The molecule has 0 aliphatic rings. The fourth-order valence-electron chi connectivity index (χ4n) is 0.335. The molecule has 0 saturated heterocycles. The van der Waals surface area contributed by atoms with Crippen LogP contribution in [0, 0.1) is 0 Å². The highest BCUT2D eigenvalue weighted by Crippen LogP contribution is 2.26.